The zero-order valence-corrected chi connectivity index (χ0v) is 12.8. The van der Waals surface area contributed by atoms with Crippen molar-refractivity contribution >= 4 is 16.5 Å². The van der Waals surface area contributed by atoms with Gasteiger partial charge in [-0.3, -0.25) is 0 Å². The average Bonchev–Trinajstić information content (AvgIpc) is 2.59. The van der Waals surface area contributed by atoms with Gasteiger partial charge in [0.2, 0.25) is 0 Å². The van der Waals surface area contributed by atoms with Crippen LogP contribution in [0.3, 0.4) is 0 Å². The standard InChI is InChI=1S/C19H19NO2/c1-21-18-9-6-17(7-10-18)20-13-14-3-4-16-12-19(22-2)8-5-15(16)11-14/h3-12,20H,13H2,1-2H3. The Labute approximate surface area is 130 Å². The molecule has 0 bridgehead atoms. The van der Waals surface area contributed by atoms with Gasteiger partial charge in [0.05, 0.1) is 14.2 Å². The molecule has 3 nitrogen and oxygen atoms in total. The van der Waals surface area contributed by atoms with E-state index in [1.807, 2.05) is 30.3 Å². The Bertz CT molecular complexity index is 766. The van der Waals surface area contributed by atoms with Gasteiger partial charge in [-0.1, -0.05) is 18.2 Å². The van der Waals surface area contributed by atoms with Gasteiger partial charge in [-0.25, -0.2) is 0 Å². The summed E-state index contributed by atoms with van der Waals surface area (Å²) in [5.41, 5.74) is 2.32. The first-order valence-corrected chi connectivity index (χ1v) is 7.23. The van der Waals surface area contributed by atoms with Crippen LogP contribution in [-0.2, 0) is 6.54 Å². The van der Waals surface area contributed by atoms with Crippen LogP contribution < -0.4 is 14.8 Å². The monoisotopic (exact) mass is 293 g/mol. The van der Waals surface area contributed by atoms with E-state index in [1.54, 1.807) is 14.2 Å². The average molecular weight is 293 g/mol. The maximum absolute atomic E-state index is 5.25. The van der Waals surface area contributed by atoms with Crippen molar-refractivity contribution in [3.63, 3.8) is 0 Å². The van der Waals surface area contributed by atoms with Crippen LogP contribution in [0.15, 0.2) is 60.7 Å². The molecule has 3 rings (SSSR count). The fraction of sp³-hybridized carbons (Fsp3) is 0.158. The molecular formula is C19H19NO2. The third-order valence-electron chi connectivity index (χ3n) is 3.70. The highest BCUT2D eigenvalue weighted by Gasteiger charge is 2.00. The fourth-order valence-corrected chi connectivity index (χ4v) is 2.42. The number of methoxy groups -OCH3 is 2. The third kappa shape index (κ3) is 3.14. The highest BCUT2D eigenvalue weighted by molar-refractivity contribution is 5.84. The van der Waals surface area contributed by atoms with Crippen LogP contribution in [0.2, 0.25) is 0 Å². The molecule has 0 unspecified atom stereocenters. The van der Waals surface area contributed by atoms with E-state index in [2.05, 4.69) is 35.6 Å². The second-order valence-corrected chi connectivity index (χ2v) is 5.13. The van der Waals surface area contributed by atoms with Crippen molar-refractivity contribution in [1.82, 2.24) is 0 Å². The summed E-state index contributed by atoms with van der Waals surface area (Å²) in [6.45, 7) is 0.786. The van der Waals surface area contributed by atoms with Crippen LogP contribution >= 0.6 is 0 Å². The number of hydrogen-bond acceptors (Lipinski definition) is 3. The quantitative estimate of drug-likeness (QED) is 0.753. The summed E-state index contributed by atoms with van der Waals surface area (Å²) < 4.78 is 10.4. The molecule has 0 saturated carbocycles. The molecule has 1 N–H and O–H groups in total. The molecule has 0 aliphatic rings. The zero-order chi connectivity index (χ0) is 15.4. The molecule has 0 aliphatic heterocycles. The summed E-state index contributed by atoms with van der Waals surface area (Å²) in [6.07, 6.45) is 0. The molecule has 0 aliphatic carbocycles. The lowest BCUT2D eigenvalue weighted by molar-refractivity contribution is 0.415. The smallest absolute Gasteiger partial charge is 0.119 e. The Balaban J connectivity index is 1.73. The Morgan fingerprint density at radius 2 is 1.36 bits per heavy atom. The minimum Gasteiger partial charge on any atom is -0.497 e. The molecule has 0 spiro atoms. The maximum atomic E-state index is 5.25. The van der Waals surface area contributed by atoms with E-state index in [0.29, 0.717) is 0 Å². The zero-order valence-electron chi connectivity index (χ0n) is 12.8. The molecule has 0 amide bonds. The van der Waals surface area contributed by atoms with E-state index in [-0.39, 0.29) is 0 Å². The molecule has 22 heavy (non-hydrogen) atoms. The maximum Gasteiger partial charge on any atom is 0.119 e. The predicted molar refractivity (Wildman–Crippen MR) is 90.8 cm³/mol. The Morgan fingerprint density at radius 1 is 0.727 bits per heavy atom. The van der Waals surface area contributed by atoms with Crippen molar-refractivity contribution in [2.45, 2.75) is 6.54 Å². The van der Waals surface area contributed by atoms with Gasteiger partial charge in [0.1, 0.15) is 11.5 Å². The van der Waals surface area contributed by atoms with E-state index in [1.165, 1.54) is 16.3 Å². The Kier molecular flexibility index (Phi) is 4.15. The number of fused-ring (bicyclic) bond motifs is 1. The number of rotatable bonds is 5. The van der Waals surface area contributed by atoms with E-state index in [0.717, 1.165) is 23.7 Å². The number of anilines is 1. The second-order valence-electron chi connectivity index (χ2n) is 5.13. The van der Waals surface area contributed by atoms with Crippen molar-refractivity contribution in [2.75, 3.05) is 19.5 Å². The number of nitrogens with one attached hydrogen (secondary N) is 1. The summed E-state index contributed by atoms with van der Waals surface area (Å²) in [7, 11) is 3.36. The summed E-state index contributed by atoms with van der Waals surface area (Å²) in [5.74, 6) is 1.75. The van der Waals surface area contributed by atoms with Gasteiger partial charge in [0.15, 0.2) is 0 Å². The lowest BCUT2D eigenvalue weighted by Crippen LogP contribution is -1.99. The molecule has 0 atom stereocenters. The minimum atomic E-state index is 0.786. The van der Waals surface area contributed by atoms with Gasteiger partial charge in [-0.05, 0) is 58.8 Å². The molecule has 0 saturated heterocycles. The highest BCUT2D eigenvalue weighted by Crippen LogP contribution is 2.22. The van der Waals surface area contributed by atoms with Crippen LogP contribution in [0.4, 0.5) is 5.69 Å². The minimum absolute atomic E-state index is 0.786. The SMILES string of the molecule is COc1ccc(NCc2ccc3cc(OC)ccc3c2)cc1. The molecule has 0 heterocycles. The molecule has 112 valence electrons. The highest BCUT2D eigenvalue weighted by atomic mass is 16.5. The topological polar surface area (TPSA) is 30.5 Å². The first-order chi connectivity index (χ1) is 10.8. The van der Waals surface area contributed by atoms with Gasteiger partial charge in [0, 0.05) is 12.2 Å². The molecule has 3 heteroatoms. The molecule has 0 aromatic heterocycles. The summed E-state index contributed by atoms with van der Waals surface area (Å²) in [6, 6.07) is 20.5. The van der Waals surface area contributed by atoms with Crippen molar-refractivity contribution in [1.29, 1.82) is 0 Å². The largest absolute Gasteiger partial charge is 0.497 e. The van der Waals surface area contributed by atoms with E-state index < -0.39 is 0 Å². The third-order valence-corrected chi connectivity index (χ3v) is 3.70. The Hall–Kier alpha value is -2.68. The van der Waals surface area contributed by atoms with Crippen molar-refractivity contribution in [3.05, 3.63) is 66.2 Å². The van der Waals surface area contributed by atoms with E-state index in [4.69, 9.17) is 9.47 Å². The Morgan fingerprint density at radius 3 is 2.09 bits per heavy atom. The van der Waals surface area contributed by atoms with Gasteiger partial charge < -0.3 is 14.8 Å². The van der Waals surface area contributed by atoms with Crippen LogP contribution in [0, 0.1) is 0 Å². The summed E-state index contributed by atoms with van der Waals surface area (Å²) >= 11 is 0. The van der Waals surface area contributed by atoms with Crippen LogP contribution in [-0.4, -0.2) is 14.2 Å². The lowest BCUT2D eigenvalue weighted by atomic mass is 10.1. The number of benzene rings is 3. The van der Waals surface area contributed by atoms with Crippen LogP contribution in [0.1, 0.15) is 5.56 Å². The van der Waals surface area contributed by atoms with Gasteiger partial charge in [-0.15, -0.1) is 0 Å². The normalized spacial score (nSPS) is 10.5. The molecular weight excluding hydrogens is 274 g/mol. The van der Waals surface area contributed by atoms with Gasteiger partial charge >= 0.3 is 0 Å². The van der Waals surface area contributed by atoms with Gasteiger partial charge in [-0.2, -0.15) is 0 Å². The first kappa shape index (κ1) is 14.3. The van der Waals surface area contributed by atoms with Crippen molar-refractivity contribution < 1.29 is 9.47 Å². The molecule has 3 aromatic rings. The van der Waals surface area contributed by atoms with Crippen LogP contribution in [0.5, 0.6) is 11.5 Å². The second kappa shape index (κ2) is 6.39. The first-order valence-electron chi connectivity index (χ1n) is 7.23. The number of hydrogen-bond donors (Lipinski definition) is 1. The van der Waals surface area contributed by atoms with Crippen molar-refractivity contribution in [3.8, 4) is 11.5 Å². The molecule has 0 fully saturated rings. The van der Waals surface area contributed by atoms with E-state index in [9.17, 15) is 0 Å². The van der Waals surface area contributed by atoms with E-state index >= 15 is 0 Å². The van der Waals surface area contributed by atoms with Crippen molar-refractivity contribution in [2.24, 2.45) is 0 Å². The lowest BCUT2D eigenvalue weighted by Gasteiger charge is -2.09. The fourth-order valence-electron chi connectivity index (χ4n) is 2.42. The molecule has 0 radical (unpaired) electrons. The van der Waals surface area contributed by atoms with Crippen LogP contribution in [0.25, 0.3) is 10.8 Å². The number of ether oxygens (including phenoxy) is 2. The van der Waals surface area contributed by atoms with Gasteiger partial charge in [0.25, 0.3) is 0 Å². The summed E-state index contributed by atoms with van der Waals surface area (Å²) in [4.78, 5) is 0. The predicted octanol–water partition coefficient (Wildman–Crippen LogP) is 4.47. The summed E-state index contributed by atoms with van der Waals surface area (Å²) in [5, 5.41) is 5.82. The molecule has 3 aromatic carbocycles.